The highest BCUT2D eigenvalue weighted by Crippen LogP contribution is 2.37. The molecule has 0 spiro atoms. The van der Waals surface area contributed by atoms with Crippen LogP contribution in [0, 0.1) is 5.92 Å². The van der Waals surface area contributed by atoms with Crippen LogP contribution in [0.15, 0.2) is 28.7 Å². The van der Waals surface area contributed by atoms with E-state index < -0.39 is 0 Å². The number of halogens is 1. The molecule has 1 saturated carbocycles. The minimum absolute atomic E-state index is 0.0933. The van der Waals surface area contributed by atoms with Gasteiger partial charge in [0.2, 0.25) is 0 Å². The monoisotopic (exact) mass is 310 g/mol. The number of hydrogen-bond donors (Lipinski definition) is 0. The highest BCUT2D eigenvalue weighted by Gasteiger charge is 2.31. The highest BCUT2D eigenvalue weighted by atomic mass is 79.9. The summed E-state index contributed by atoms with van der Waals surface area (Å²) in [6.45, 7) is 0. The van der Waals surface area contributed by atoms with E-state index >= 15 is 0 Å². The molecule has 1 aromatic rings. The van der Waals surface area contributed by atoms with E-state index in [2.05, 4.69) is 15.9 Å². The van der Waals surface area contributed by atoms with Crippen LogP contribution in [0.5, 0.6) is 0 Å². The maximum atomic E-state index is 12.1. The molecule has 0 radical (unpaired) electrons. The fourth-order valence-electron chi connectivity index (χ4n) is 2.87. The van der Waals surface area contributed by atoms with Crippen LogP contribution in [-0.4, -0.2) is 13.1 Å². The third kappa shape index (κ3) is 3.14. The molecule has 2 nitrogen and oxygen atoms in total. The third-order valence-electron chi connectivity index (χ3n) is 3.81. The van der Waals surface area contributed by atoms with Gasteiger partial charge in [-0.3, -0.25) is 4.79 Å². The fourth-order valence-corrected chi connectivity index (χ4v) is 3.13. The van der Waals surface area contributed by atoms with Crippen LogP contribution in [0.2, 0.25) is 0 Å². The van der Waals surface area contributed by atoms with E-state index in [-0.39, 0.29) is 11.9 Å². The maximum absolute atomic E-state index is 12.1. The molecule has 0 bridgehead atoms. The minimum atomic E-state index is -0.0941. The van der Waals surface area contributed by atoms with Crippen LogP contribution < -0.4 is 0 Å². The molecular weight excluding hydrogens is 292 g/mol. The summed E-state index contributed by atoms with van der Waals surface area (Å²) < 4.78 is 6.04. The minimum Gasteiger partial charge on any atom is -0.469 e. The molecular formula is C15H19BrO2. The van der Waals surface area contributed by atoms with Gasteiger partial charge in [0.15, 0.2) is 0 Å². The lowest BCUT2D eigenvalue weighted by atomic mass is 9.77. The highest BCUT2D eigenvalue weighted by molar-refractivity contribution is 9.10. The van der Waals surface area contributed by atoms with Crippen molar-refractivity contribution in [1.82, 2.24) is 0 Å². The number of esters is 1. The van der Waals surface area contributed by atoms with E-state index in [1.165, 1.54) is 26.4 Å². The third-order valence-corrected chi connectivity index (χ3v) is 4.33. The van der Waals surface area contributed by atoms with Crippen LogP contribution in [0.4, 0.5) is 0 Å². The molecule has 3 heteroatoms. The number of rotatable bonds is 3. The lowest BCUT2D eigenvalue weighted by molar-refractivity contribution is -0.144. The van der Waals surface area contributed by atoms with Gasteiger partial charge < -0.3 is 4.74 Å². The van der Waals surface area contributed by atoms with Gasteiger partial charge in [0.1, 0.15) is 0 Å². The molecule has 0 saturated heterocycles. The molecule has 0 amide bonds. The molecule has 0 unspecified atom stereocenters. The second kappa shape index (κ2) is 6.37. The van der Waals surface area contributed by atoms with E-state index in [0.717, 1.165) is 22.9 Å². The Labute approximate surface area is 117 Å². The molecule has 0 N–H and O–H groups in total. The summed E-state index contributed by atoms with van der Waals surface area (Å²) in [6, 6.07) is 8.04. The molecule has 0 heterocycles. The molecule has 1 aliphatic rings. The Balaban J connectivity index is 2.23. The molecule has 1 aromatic carbocycles. The second-order valence-corrected chi connectivity index (χ2v) is 5.87. The largest absolute Gasteiger partial charge is 0.469 e. The van der Waals surface area contributed by atoms with E-state index in [9.17, 15) is 4.79 Å². The second-order valence-electron chi connectivity index (χ2n) is 4.95. The molecule has 1 atom stereocenters. The fraction of sp³-hybridized carbons (Fsp3) is 0.533. The van der Waals surface area contributed by atoms with Crippen molar-refractivity contribution >= 4 is 21.9 Å². The number of hydrogen-bond acceptors (Lipinski definition) is 2. The molecule has 0 aromatic heterocycles. The van der Waals surface area contributed by atoms with Crippen molar-refractivity contribution in [3.63, 3.8) is 0 Å². The van der Waals surface area contributed by atoms with Crippen molar-refractivity contribution in [1.29, 1.82) is 0 Å². The molecule has 0 aliphatic heterocycles. The van der Waals surface area contributed by atoms with Gasteiger partial charge in [0.05, 0.1) is 13.0 Å². The van der Waals surface area contributed by atoms with Crippen LogP contribution in [0.1, 0.15) is 43.6 Å². The van der Waals surface area contributed by atoms with Crippen LogP contribution in [-0.2, 0) is 9.53 Å². The SMILES string of the molecule is COC(=O)[C@@H](c1ccc(Br)cc1)C1CCCCC1. The van der Waals surface area contributed by atoms with Crippen molar-refractivity contribution in [3.05, 3.63) is 34.3 Å². The van der Waals surface area contributed by atoms with Gasteiger partial charge in [0, 0.05) is 4.47 Å². The Morgan fingerprint density at radius 3 is 2.39 bits per heavy atom. The van der Waals surface area contributed by atoms with Gasteiger partial charge in [-0.15, -0.1) is 0 Å². The summed E-state index contributed by atoms with van der Waals surface area (Å²) in [5.74, 6) is 0.250. The van der Waals surface area contributed by atoms with Gasteiger partial charge in [-0.05, 0) is 36.5 Å². The summed E-state index contributed by atoms with van der Waals surface area (Å²) in [4.78, 5) is 12.1. The average molecular weight is 311 g/mol. The van der Waals surface area contributed by atoms with E-state index in [1.807, 2.05) is 24.3 Å². The lowest BCUT2D eigenvalue weighted by Crippen LogP contribution is -2.25. The summed E-state index contributed by atoms with van der Waals surface area (Å²) in [5.41, 5.74) is 1.08. The first-order chi connectivity index (χ1) is 8.72. The normalized spacial score (nSPS) is 18.3. The van der Waals surface area contributed by atoms with Crippen LogP contribution in [0.3, 0.4) is 0 Å². The molecule has 2 rings (SSSR count). The van der Waals surface area contributed by atoms with Crippen molar-refractivity contribution < 1.29 is 9.53 Å². The molecule has 1 aliphatic carbocycles. The zero-order valence-corrected chi connectivity index (χ0v) is 12.3. The Morgan fingerprint density at radius 1 is 1.22 bits per heavy atom. The average Bonchev–Trinajstić information content (AvgIpc) is 2.42. The van der Waals surface area contributed by atoms with Gasteiger partial charge in [0.25, 0.3) is 0 Å². The Hall–Kier alpha value is -0.830. The van der Waals surface area contributed by atoms with Crippen molar-refractivity contribution in [3.8, 4) is 0 Å². The van der Waals surface area contributed by atoms with E-state index in [0.29, 0.717) is 5.92 Å². The first-order valence-corrected chi connectivity index (χ1v) is 7.35. The molecule has 98 valence electrons. The predicted molar refractivity (Wildman–Crippen MR) is 75.5 cm³/mol. The van der Waals surface area contributed by atoms with Crippen molar-refractivity contribution in [2.24, 2.45) is 5.92 Å². The van der Waals surface area contributed by atoms with Crippen molar-refractivity contribution in [2.75, 3.05) is 7.11 Å². The summed E-state index contributed by atoms with van der Waals surface area (Å²) in [6.07, 6.45) is 6.03. The zero-order chi connectivity index (χ0) is 13.0. The summed E-state index contributed by atoms with van der Waals surface area (Å²) >= 11 is 3.43. The Morgan fingerprint density at radius 2 is 1.83 bits per heavy atom. The van der Waals surface area contributed by atoms with Crippen LogP contribution in [0.25, 0.3) is 0 Å². The van der Waals surface area contributed by atoms with Gasteiger partial charge in [-0.2, -0.15) is 0 Å². The maximum Gasteiger partial charge on any atom is 0.313 e. The van der Waals surface area contributed by atoms with Gasteiger partial charge >= 0.3 is 5.97 Å². The van der Waals surface area contributed by atoms with E-state index in [1.54, 1.807) is 0 Å². The quantitative estimate of drug-likeness (QED) is 0.779. The van der Waals surface area contributed by atoms with Crippen LogP contribution >= 0.6 is 15.9 Å². The number of ether oxygens (including phenoxy) is 1. The Bertz CT molecular complexity index is 393. The lowest BCUT2D eigenvalue weighted by Gasteiger charge is -2.28. The first-order valence-electron chi connectivity index (χ1n) is 6.55. The summed E-state index contributed by atoms with van der Waals surface area (Å²) in [7, 11) is 1.48. The smallest absolute Gasteiger partial charge is 0.313 e. The number of carbonyl (C=O) groups excluding carboxylic acids is 1. The van der Waals surface area contributed by atoms with Gasteiger partial charge in [-0.1, -0.05) is 47.3 Å². The van der Waals surface area contributed by atoms with E-state index in [4.69, 9.17) is 4.74 Å². The zero-order valence-electron chi connectivity index (χ0n) is 10.7. The number of benzene rings is 1. The standard InChI is InChI=1S/C15H19BrO2/c1-18-15(17)14(11-5-3-2-4-6-11)12-7-9-13(16)10-8-12/h7-11,14H,2-6H2,1H3/t14-/m1/s1. The molecule has 1 fully saturated rings. The predicted octanol–water partition coefficient (Wildman–Crippen LogP) is 4.29. The Kier molecular flexibility index (Phi) is 4.81. The topological polar surface area (TPSA) is 26.3 Å². The number of carbonyl (C=O) groups is 1. The molecule has 18 heavy (non-hydrogen) atoms. The summed E-state index contributed by atoms with van der Waals surface area (Å²) in [5, 5.41) is 0. The first kappa shape index (κ1) is 13.6. The van der Waals surface area contributed by atoms with Gasteiger partial charge in [-0.25, -0.2) is 0 Å². The van der Waals surface area contributed by atoms with Crippen molar-refractivity contribution in [2.45, 2.75) is 38.0 Å². The number of methoxy groups -OCH3 is 1.